The Kier molecular flexibility index (Phi) is 1.29. The SMILES string of the molecule is Cn1cnc2c(Cl)nncc21. The van der Waals surface area contributed by atoms with Crippen LogP contribution in [0.15, 0.2) is 12.5 Å². The molecular formula is C6H5ClN4. The molecular weight excluding hydrogens is 164 g/mol. The van der Waals surface area contributed by atoms with Crippen molar-refractivity contribution >= 4 is 22.6 Å². The van der Waals surface area contributed by atoms with Crippen molar-refractivity contribution in [3.63, 3.8) is 0 Å². The van der Waals surface area contributed by atoms with Crippen LogP contribution >= 0.6 is 11.6 Å². The van der Waals surface area contributed by atoms with Gasteiger partial charge in [0, 0.05) is 7.05 Å². The predicted molar refractivity (Wildman–Crippen MR) is 41.3 cm³/mol. The first kappa shape index (κ1) is 6.54. The molecule has 11 heavy (non-hydrogen) atoms. The highest BCUT2D eigenvalue weighted by molar-refractivity contribution is 6.33. The molecule has 2 aromatic rings. The molecule has 0 saturated heterocycles. The summed E-state index contributed by atoms with van der Waals surface area (Å²) in [5.41, 5.74) is 1.59. The van der Waals surface area contributed by atoms with E-state index in [0.717, 1.165) is 5.52 Å². The number of hydrogen-bond acceptors (Lipinski definition) is 3. The van der Waals surface area contributed by atoms with Crippen molar-refractivity contribution in [2.24, 2.45) is 7.05 Å². The fourth-order valence-corrected chi connectivity index (χ4v) is 1.12. The molecule has 5 heteroatoms. The van der Waals surface area contributed by atoms with Crippen LogP contribution in [0, 0.1) is 0 Å². The maximum Gasteiger partial charge on any atom is 0.179 e. The van der Waals surface area contributed by atoms with Gasteiger partial charge >= 0.3 is 0 Å². The summed E-state index contributed by atoms with van der Waals surface area (Å²) in [7, 11) is 1.88. The van der Waals surface area contributed by atoms with Crippen molar-refractivity contribution in [3.05, 3.63) is 17.7 Å². The van der Waals surface area contributed by atoms with Gasteiger partial charge in [0.15, 0.2) is 5.15 Å². The van der Waals surface area contributed by atoms with Crippen molar-refractivity contribution in [1.82, 2.24) is 19.7 Å². The molecule has 0 unspecified atom stereocenters. The number of nitrogens with zero attached hydrogens (tertiary/aromatic N) is 4. The summed E-state index contributed by atoms with van der Waals surface area (Å²) >= 11 is 5.72. The molecule has 0 N–H and O–H groups in total. The number of aromatic nitrogens is 4. The highest BCUT2D eigenvalue weighted by Gasteiger charge is 2.03. The van der Waals surface area contributed by atoms with E-state index in [1.165, 1.54) is 0 Å². The fraction of sp³-hybridized carbons (Fsp3) is 0.167. The third-order valence-corrected chi connectivity index (χ3v) is 1.76. The lowest BCUT2D eigenvalue weighted by molar-refractivity contribution is 0.938. The highest BCUT2D eigenvalue weighted by atomic mass is 35.5. The Labute approximate surface area is 67.8 Å². The summed E-state index contributed by atoms with van der Waals surface area (Å²) in [5, 5.41) is 7.71. The van der Waals surface area contributed by atoms with Crippen molar-refractivity contribution < 1.29 is 0 Å². The van der Waals surface area contributed by atoms with Gasteiger partial charge in [0.2, 0.25) is 0 Å². The summed E-state index contributed by atoms with van der Waals surface area (Å²) in [6, 6.07) is 0. The minimum absolute atomic E-state index is 0.350. The Morgan fingerprint density at radius 2 is 2.36 bits per heavy atom. The molecule has 0 radical (unpaired) electrons. The second kappa shape index (κ2) is 2.17. The van der Waals surface area contributed by atoms with Crippen LogP contribution in [0.2, 0.25) is 5.15 Å². The number of imidazole rings is 1. The van der Waals surface area contributed by atoms with Gasteiger partial charge in [-0.1, -0.05) is 11.6 Å². The fourth-order valence-electron chi connectivity index (χ4n) is 0.932. The van der Waals surface area contributed by atoms with Crippen LogP contribution < -0.4 is 0 Å². The quantitative estimate of drug-likeness (QED) is 0.590. The first-order chi connectivity index (χ1) is 5.29. The molecule has 2 heterocycles. The Hall–Kier alpha value is -1.16. The molecule has 56 valence electrons. The van der Waals surface area contributed by atoms with Crippen LogP contribution in [0.5, 0.6) is 0 Å². The van der Waals surface area contributed by atoms with Crippen molar-refractivity contribution in [2.45, 2.75) is 0 Å². The van der Waals surface area contributed by atoms with E-state index in [0.29, 0.717) is 10.7 Å². The molecule has 0 aliphatic heterocycles. The van der Waals surface area contributed by atoms with Crippen molar-refractivity contribution in [3.8, 4) is 0 Å². The van der Waals surface area contributed by atoms with Gasteiger partial charge < -0.3 is 4.57 Å². The lowest BCUT2D eigenvalue weighted by atomic mass is 10.5. The zero-order chi connectivity index (χ0) is 7.84. The Morgan fingerprint density at radius 1 is 1.55 bits per heavy atom. The number of hydrogen-bond donors (Lipinski definition) is 0. The molecule has 2 rings (SSSR count). The summed E-state index contributed by atoms with van der Waals surface area (Å²) < 4.78 is 1.84. The second-order valence-electron chi connectivity index (χ2n) is 2.22. The van der Waals surface area contributed by atoms with Crippen LogP contribution in [0.1, 0.15) is 0 Å². The van der Waals surface area contributed by atoms with E-state index in [-0.39, 0.29) is 0 Å². The van der Waals surface area contributed by atoms with E-state index >= 15 is 0 Å². The molecule has 0 bridgehead atoms. The van der Waals surface area contributed by atoms with Gasteiger partial charge in [0.25, 0.3) is 0 Å². The van der Waals surface area contributed by atoms with E-state index in [1.807, 2.05) is 11.6 Å². The van der Waals surface area contributed by atoms with Crippen molar-refractivity contribution in [2.75, 3.05) is 0 Å². The summed E-state index contributed by atoms with van der Waals surface area (Å²) in [5.74, 6) is 0. The molecule has 0 amide bonds. The maximum atomic E-state index is 5.72. The summed E-state index contributed by atoms with van der Waals surface area (Å²) in [6.45, 7) is 0. The van der Waals surface area contributed by atoms with Gasteiger partial charge in [-0.2, -0.15) is 5.10 Å². The number of aryl methyl sites for hydroxylation is 1. The maximum absolute atomic E-state index is 5.72. The molecule has 0 fully saturated rings. The van der Waals surface area contributed by atoms with Gasteiger partial charge in [-0.25, -0.2) is 4.98 Å². The second-order valence-corrected chi connectivity index (χ2v) is 2.58. The smallest absolute Gasteiger partial charge is 0.179 e. The summed E-state index contributed by atoms with van der Waals surface area (Å²) in [4.78, 5) is 4.05. The Morgan fingerprint density at radius 3 is 3.09 bits per heavy atom. The highest BCUT2D eigenvalue weighted by Crippen LogP contribution is 2.16. The topological polar surface area (TPSA) is 43.6 Å². The van der Waals surface area contributed by atoms with Crippen LogP contribution in [-0.4, -0.2) is 19.7 Å². The average molecular weight is 169 g/mol. The van der Waals surface area contributed by atoms with Gasteiger partial charge in [0.05, 0.1) is 18.0 Å². The average Bonchev–Trinajstić information content (AvgIpc) is 2.35. The largest absolute Gasteiger partial charge is 0.332 e. The number of rotatable bonds is 0. The molecule has 0 aromatic carbocycles. The standard InChI is InChI=1S/C6H5ClN4/c1-11-3-8-5-4(11)2-9-10-6(5)7/h2-3H,1H3. The normalized spacial score (nSPS) is 10.7. The Bertz CT molecular complexity index is 394. The molecule has 0 aliphatic rings. The third kappa shape index (κ3) is 0.867. The number of halogens is 1. The van der Waals surface area contributed by atoms with Crippen LogP contribution in [-0.2, 0) is 7.05 Å². The first-order valence-electron chi connectivity index (χ1n) is 3.07. The zero-order valence-electron chi connectivity index (χ0n) is 5.82. The van der Waals surface area contributed by atoms with E-state index < -0.39 is 0 Å². The molecule has 0 aliphatic carbocycles. The molecule has 0 atom stereocenters. The number of fused-ring (bicyclic) bond motifs is 1. The molecule has 0 spiro atoms. The zero-order valence-corrected chi connectivity index (χ0v) is 6.58. The van der Waals surface area contributed by atoms with Gasteiger partial charge in [-0.15, -0.1) is 5.10 Å². The van der Waals surface area contributed by atoms with E-state index in [9.17, 15) is 0 Å². The van der Waals surface area contributed by atoms with E-state index in [1.54, 1.807) is 12.5 Å². The van der Waals surface area contributed by atoms with Crippen LogP contribution in [0.3, 0.4) is 0 Å². The van der Waals surface area contributed by atoms with Gasteiger partial charge in [-0.3, -0.25) is 0 Å². The lowest BCUT2D eigenvalue weighted by Crippen LogP contribution is -1.87. The van der Waals surface area contributed by atoms with E-state index in [4.69, 9.17) is 11.6 Å². The molecule has 0 saturated carbocycles. The van der Waals surface area contributed by atoms with Crippen LogP contribution in [0.4, 0.5) is 0 Å². The monoisotopic (exact) mass is 168 g/mol. The minimum atomic E-state index is 0.350. The molecule has 4 nitrogen and oxygen atoms in total. The Balaban J connectivity index is 2.94. The van der Waals surface area contributed by atoms with Gasteiger partial charge in [0.1, 0.15) is 5.52 Å². The summed E-state index contributed by atoms with van der Waals surface area (Å²) in [6.07, 6.45) is 3.31. The lowest BCUT2D eigenvalue weighted by Gasteiger charge is -1.91. The molecule has 2 aromatic heterocycles. The van der Waals surface area contributed by atoms with Crippen LogP contribution in [0.25, 0.3) is 11.0 Å². The predicted octanol–water partition coefficient (Wildman–Crippen LogP) is 1.02. The van der Waals surface area contributed by atoms with Gasteiger partial charge in [-0.05, 0) is 0 Å². The third-order valence-electron chi connectivity index (χ3n) is 1.50. The van der Waals surface area contributed by atoms with E-state index in [2.05, 4.69) is 15.2 Å². The first-order valence-corrected chi connectivity index (χ1v) is 3.45. The van der Waals surface area contributed by atoms with Crippen molar-refractivity contribution in [1.29, 1.82) is 0 Å². The minimum Gasteiger partial charge on any atom is -0.332 e.